The van der Waals surface area contributed by atoms with Gasteiger partial charge in [0.05, 0.1) is 10.6 Å². The monoisotopic (exact) mass is 359 g/mol. The summed E-state index contributed by atoms with van der Waals surface area (Å²) in [6, 6.07) is 13.6. The van der Waals surface area contributed by atoms with Gasteiger partial charge in [-0.3, -0.25) is 4.79 Å². The summed E-state index contributed by atoms with van der Waals surface area (Å²) in [5.41, 5.74) is 1.57. The summed E-state index contributed by atoms with van der Waals surface area (Å²) in [6.07, 6.45) is 0.845. The second kappa shape index (κ2) is 7.00. The van der Waals surface area contributed by atoms with Gasteiger partial charge in [0, 0.05) is 5.41 Å². The van der Waals surface area contributed by atoms with Crippen molar-refractivity contribution in [3.8, 4) is 0 Å². The van der Waals surface area contributed by atoms with E-state index in [2.05, 4.69) is 0 Å². The molecule has 0 saturated carbocycles. The van der Waals surface area contributed by atoms with Crippen LogP contribution in [0.3, 0.4) is 0 Å². The topological polar surface area (TPSA) is 54.5 Å². The third-order valence-electron chi connectivity index (χ3n) is 3.96. The van der Waals surface area contributed by atoms with Crippen LogP contribution in [0.15, 0.2) is 53.4 Å². The average molecular weight is 359 g/mol. The molecule has 0 N–H and O–H groups in total. The molecule has 134 valence electrons. The fraction of sp³-hybridized carbons (Fsp3) is 0.350. The lowest BCUT2D eigenvalue weighted by Gasteiger charge is -2.29. The molecule has 0 fully saturated rings. The summed E-state index contributed by atoms with van der Waals surface area (Å²) in [7, 11) is -3.99. The van der Waals surface area contributed by atoms with E-state index in [1.54, 1.807) is 45.0 Å². The summed E-state index contributed by atoms with van der Waals surface area (Å²) in [5, 5.41) is 0. The van der Waals surface area contributed by atoms with Crippen molar-refractivity contribution in [3.63, 3.8) is 0 Å². The number of rotatable bonds is 4. The minimum absolute atomic E-state index is 0.107. The second-order valence-electron chi connectivity index (χ2n) is 7.16. The van der Waals surface area contributed by atoms with Gasteiger partial charge in [0.1, 0.15) is 0 Å². The van der Waals surface area contributed by atoms with Crippen molar-refractivity contribution in [3.05, 3.63) is 59.7 Å². The highest BCUT2D eigenvalue weighted by atomic mass is 32.2. The number of anilines is 1. The van der Waals surface area contributed by atoms with Crippen LogP contribution >= 0.6 is 0 Å². The smallest absolute Gasteiger partial charge is 0.270 e. The lowest BCUT2D eigenvalue weighted by molar-refractivity contribution is -0.124. The molecule has 5 heteroatoms. The summed E-state index contributed by atoms with van der Waals surface area (Å²) >= 11 is 0. The average Bonchev–Trinajstić information content (AvgIpc) is 2.55. The first kappa shape index (κ1) is 19.2. The number of sulfonamides is 1. The summed E-state index contributed by atoms with van der Waals surface area (Å²) in [6.45, 7) is 9.06. The molecule has 0 radical (unpaired) electrons. The fourth-order valence-corrected chi connectivity index (χ4v) is 3.93. The van der Waals surface area contributed by atoms with E-state index < -0.39 is 21.3 Å². The van der Waals surface area contributed by atoms with Crippen molar-refractivity contribution in [2.24, 2.45) is 5.41 Å². The molecule has 2 rings (SSSR count). The van der Waals surface area contributed by atoms with Crippen molar-refractivity contribution in [1.82, 2.24) is 0 Å². The maximum Gasteiger partial charge on any atom is 0.270 e. The zero-order valence-electron chi connectivity index (χ0n) is 15.4. The molecular weight excluding hydrogens is 334 g/mol. The Balaban J connectivity index is 2.61. The first-order chi connectivity index (χ1) is 11.6. The van der Waals surface area contributed by atoms with Gasteiger partial charge >= 0.3 is 0 Å². The minimum Gasteiger partial charge on any atom is -0.273 e. The van der Waals surface area contributed by atoms with Crippen LogP contribution in [0.1, 0.15) is 38.8 Å². The highest BCUT2D eigenvalue weighted by Gasteiger charge is 2.37. The maximum absolute atomic E-state index is 13.2. The van der Waals surface area contributed by atoms with Crippen LogP contribution in [-0.2, 0) is 21.2 Å². The van der Waals surface area contributed by atoms with Crippen LogP contribution in [0.4, 0.5) is 5.69 Å². The van der Waals surface area contributed by atoms with Gasteiger partial charge in [-0.25, -0.2) is 12.7 Å². The lowest BCUT2D eigenvalue weighted by atomic mass is 9.95. The van der Waals surface area contributed by atoms with E-state index in [1.165, 1.54) is 12.1 Å². The quantitative estimate of drug-likeness (QED) is 0.817. The molecule has 0 aliphatic heterocycles. The van der Waals surface area contributed by atoms with Gasteiger partial charge in [-0.05, 0) is 43.2 Å². The van der Waals surface area contributed by atoms with Crippen molar-refractivity contribution in [2.75, 3.05) is 4.31 Å². The van der Waals surface area contributed by atoms with E-state index in [4.69, 9.17) is 0 Å². The predicted molar refractivity (Wildman–Crippen MR) is 101 cm³/mol. The number of aryl methyl sites for hydroxylation is 2. The molecule has 0 spiro atoms. The molecule has 0 aliphatic carbocycles. The van der Waals surface area contributed by atoms with Crippen molar-refractivity contribution >= 4 is 21.6 Å². The van der Waals surface area contributed by atoms with Crippen LogP contribution in [-0.4, -0.2) is 14.3 Å². The van der Waals surface area contributed by atoms with Gasteiger partial charge in [-0.1, -0.05) is 57.5 Å². The van der Waals surface area contributed by atoms with E-state index in [0.717, 1.165) is 21.9 Å². The summed E-state index contributed by atoms with van der Waals surface area (Å²) < 4.78 is 27.3. The van der Waals surface area contributed by atoms with Gasteiger partial charge in [0.2, 0.25) is 5.91 Å². The van der Waals surface area contributed by atoms with E-state index in [1.807, 2.05) is 26.0 Å². The highest BCUT2D eigenvalue weighted by Crippen LogP contribution is 2.30. The molecular formula is C20H25NO3S. The molecule has 2 aromatic rings. The second-order valence-corrected chi connectivity index (χ2v) is 8.94. The number of hydrogen-bond acceptors (Lipinski definition) is 3. The Morgan fingerprint density at radius 1 is 0.960 bits per heavy atom. The number of hydrogen-bond donors (Lipinski definition) is 0. The Morgan fingerprint density at radius 3 is 1.92 bits per heavy atom. The Kier molecular flexibility index (Phi) is 5.37. The number of amides is 1. The zero-order chi connectivity index (χ0) is 18.8. The molecule has 0 bridgehead atoms. The number of nitrogens with zero attached hydrogens (tertiary/aromatic N) is 1. The molecule has 0 aromatic heterocycles. The number of carbonyl (C=O) groups is 1. The Morgan fingerprint density at radius 2 is 1.48 bits per heavy atom. The summed E-state index contributed by atoms with van der Waals surface area (Å²) in [4.78, 5) is 13.1. The largest absolute Gasteiger partial charge is 0.273 e. The molecule has 0 atom stereocenters. The third-order valence-corrected chi connectivity index (χ3v) is 5.69. The Hall–Kier alpha value is -2.14. The standard InChI is InChI=1S/C20H25NO3S/c1-6-16-9-11-17(12-10-16)21(19(22)20(3,4)5)25(23,24)18-13-7-15(2)8-14-18/h7-14H,6H2,1-5H3. The third kappa shape index (κ3) is 4.10. The molecule has 0 aliphatic rings. The van der Waals surface area contributed by atoms with Gasteiger partial charge in [-0.2, -0.15) is 0 Å². The van der Waals surface area contributed by atoms with Gasteiger partial charge in [0.25, 0.3) is 10.0 Å². The van der Waals surface area contributed by atoms with Crippen molar-refractivity contribution < 1.29 is 13.2 Å². The van der Waals surface area contributed by atoms with Crippen LogP contribution in [0.2, 0.25) is 0 Å². The zero-order valence-corrected chi connectivity index (χ0v) is 16.2. The first-order valence-corrected chi connectivity index (χ1v) is 9.76. The van der Waals surface area contributed by atoms with Crippen molar-refractivity contribution in [2.45, 2.75) is 45.9 Å². The van der Waals surface area contributed by atoms with E-state index >= 15 is 0 Å². The predicted octanol–water partition coefficient (Wildman–Crippen LogP) is 4.33. The minimum atomic E-state index is -3.99. The number of benzene rings is 2. The Labute approximate surface area is 150 Å². The SMILES string of the molecule is CCc1ccc(N(C(=O)C(C)(C)C)S(=O)(=O)c2ccc(C)cc2)cc1. The first-order valence-electron chi connectivity index (χ1n) is 8.32. The molecule has 4 nitrogen and oxygen atoms in total. The molecule has 2 aromatic carbocycles. The molecule has 0 heterocycles. The maximum atomic E-state index is 13.2. The van der Waals surface area contributed by atoms with Gasteiger partial charge in [0.15, 0.2) is 0 Å². The van der Waals surface area contributed by atoms with E-state index in [9.17, 15) is 13.2 Å². The molecule has 0 unspecified atom stereocenters. The van der Waals surface area contributed by atoms with E-state index in [0.29, 0.717) is 5.69 Å². The normalized spacial score (nSPS) is 12.0. The van der Waals surface area contributed by atoms with Crippen LogP contribution in [0.25, 0.3) is 0 Å². The Bertz CT molecular complexity index is 845. The number of carbonyl (C=O) groups excluding carboxylic acids is 1. The van der Waals surface area contributed by atoms with Crippen LogP contribution < -0.4 is 4.31 Å². The molecule has 25 heavy (non-hydrogen) atoms. The molecule has 1 amide bonds. The van der Waals surface area contributed by atoms with Crippen LogP contribution in [0.5, 0.6) is 0 Å². The lowest BCUT2D eigenvalue weighted by Crippen LogP contribution is -2.43. The fourth-order valence-electron chi connectivity index (χ4n) is 2.35. The van der Waals surface area contributed by atoms with Gasteiger partial charge in [-0.15, -0.1) is 0 Å². The van der Waals surface area contributed by atoms with Crippen LogP contribution in [0, 0.1) is 12.3 Å². The van der Waals surface area contributed by atoms with Crippen molar-refractivity contribution in [1.29, 1.82) is 0 Å². The van der Waals surface area contributed by atoms with E-state index in [-0.39, 0.29) is 4.90 Å². The van der Waals surface area contributed by atoms with Gasteiger partial charge < -0.3 is 0 Å². The molecule has 0 saturated heterocycles. The summed E-state index contributed by atoms with van der Waals surface area (Å²) in [5.74, 6) is -0.461. The highest BCUT2D eigenvalue weighted by molar-refractivity contribution is 7.93.